The number of rotatable bonds is 6. The molecule has 0 radical (unpaired) electrons. The van der Waals surface area contributed by atoms with Crippen molar-refractivity contribution in [2.24, 2.45) is 0 Å². The lowest BCUT2D eigenvalue weighted by Gasteiger charge is -2.24. The van der Waals surface area contributed by atoms with Gasteiger partial charge in [-0.3, -0.25) is 9.11 Å². The normalized spacial score (nSPS) is 14.4. The summed E-state index contributed by atoms with van der Waals surface area (Å²) in [5, 5.41) is 4.35. The maximum atomic E-state index is 11.4. The van der Waals surface area contributed by atoms with E-state index in [0.717, 1.165) is 17.9 Å². The maximum absolute atomic E-state index is 11.4. The van der Waals surface area contributed by atoms with Crippen LogP contribution in [0, 0.1) is 0 Å². The molecule has 0 saturated heterocycles. The zero-order valence-electron chi connectivity index (χ0n) is 12.2. The summed E-state index contributed by atoms with van der Waals surface area (Å²) >= 11 is 1.75. The highest BCUT2D eigenvalue weighted by molar-refractivity contribution is 7.84. The largest absolute Gasteiger partial charge is 0.299 e. The van der Waals surface area contributed by atoms with E-state index in [1.165, 1.54) is 11.1 Å². The van der Waals surface area contributed by atoms with Crippen molar-refractivity contribution >= 4 is 22.1 Å². The number of benzene rings is 1. The van der Waals surface area contributed by atoms with E-state index in [0.29, 0.717) is 6.04 Å². The fraction of sp³-hybridized carbons (Fsp3) is 0.375. The Morgan fingerprint density at radius 1 is 1.20 bits per heavy atom. The van der Waals surface area contributed by atoms with Gasteiger partial charge in [0.25, 0.3) is 0 Å². The fourth-order valence-electron chi connectivity index (χ4n) is 2.14. The molecule has 0 fully saturated rings. The van der Waals surface area contributed by atoms with Crippen molar-refractivity contribution in [2.75, 3.05) is 13.3 Å². The summed E-state index contributed by atoms with van der Waals surface area (Å²) < 4.78 is 11.4. The Morgan fingerprint density at radius 2 is 1.90 bits per heavy atom. The third-order valence-corrected chi connectivity index (χ3v) is 5.22. The Balaban J connectivity index is 1.93. The quantitative estimate of drug-likeness (QED) is 0.813. The molecule has 0 bridgehead atoms. The van der Waals surface area contributed by atoms with Gasteiger partial charge in [-0.05, 0) is 60.5 Å². The molecule has 2 aromatic rings. The second-order valence-electron chi connectivity index (χ2n) is 5.20. The number of likely N-dealkylation sites (N-methyl/N-ethyl adjacent to an activating group) is 1. The van der Waals surface area contributed by atoms with Gasteiger partial charge in [-0.25, -0.2) is 0 Å². The molecule has 20 heavy (non-hydrogen) atoms. The first-order valence-electron chi connectivity index (χ1n) is 6.70. The molecule has 1 aromatic carbocycles. The third-order valence-electron chi connectivity index (χ3n) is 3.55. The van der Waals surface area contributed by atoms with Crippen LogP contribution >= 0.6 is 11.3 Å². The molecule has 0 aliphatic heterocycles. The fourth-order valence-corrected chi connectivity index (χ4v) is 3.34. The van der Waals surface area contributed by atoms with Crippen LogP contribution < -0.4 is 0 Å². The molecule has 0 aliphatic carbocycles. The van der Waals surface area contributed by atoms with Crippen LogP contribution in [-0.4, -0.2) is 28.5 Å². The number of thiophene rings is 1. The summed E-state index contributed by atoms with van der Waals surface area (Å²) in [4.78, 5) is 3.25. The molecule has 0 N–H and O–H groups in total. The van der Waals surface area contributed by atoms with Gasteiger partial charge in [-0.1, -0.05) is 12.1 Å². The Hall–Kier alpha value is -0.970. The molecule has 2 rings (SSSR count). The molecular formula is C16H21NOS2. The van der Waals surface area contributed by atoms with Crippen molar-refractivity contribution in [2.45, 2.75) is 30.8 Å². The van der Waals surface area contributed by atoms with Crippen molar-refractivity contribution < 1.29 is 4.21 Å². The van der Waals surface area contributed by atoms with Crippen molar-refractivity contribution in [3.63, 3.8) is 0 Å². The SMILES string of the molecule is CC(Cc1ccsc1)N(C)Cc1ccc(S(C)=O)cc1. The zero-order chi connectivity index (χ0) is 14.5. The Labute approximate surface area is 127 Å². The minimum atomic E-state index is -0.893. The Kier molecular flexibility index (Phi) is 5.52. The summed E-state index contributed by atoms with van der Waals surface area (Å²) in [6, 6.07) is 10.8. The lowest BCUT2D eigenvalue weighted by molar-refractivity contribution is 0.248. The summed E-state index contributed by atoms with van der Waals surface area (Å²) in [6.45, 7) is 3.18. The van der Waals surface area contributed by atoms with Crippen molar-refractivity contribution in [1.29, 1.82) is 0 Å². The van der Waals surface area contributed by atoms with E-state index >= 15 is 0 Å². The van der Waals surface area contributed by atoms with Crippen LogP contribution in [0.15, 0.2) is 46.0 Å². The van der Waals surface area contributed by atoms with E-state index in [1.807, 2.05) is 12.1 Å². The molecule has 0 saturated carbocycles. The molecule has 0 amide bonds. The van der Waals surface area contributed by atoms with Crippen LogP contribution in [0.3, 0.4) is 0 Å². The molecule has 1 heterocycles. The predicted octanol–water partition coefficient (Wildman–Crippen LogP) is 3.55. The van der Waals surface area contributed by atoms with Gasteiger partial charge in [0.2, 0.25) is 0 Å². The van der Waals surface area contributed by atoms with Gasteiger partial charge in [0.05, 0.1) is 0 Å². The maximum Gasteiger partial charge on any atom is 0.0498 e. The topological polar surface area (TPSA) is 20.3 Å². The smallest absolute Gasteiger partial charge is 0.0498 e. The van der Waals surface area contributed by atoms with E-state index in [4.69, 9.17) is 0 Å². The second-order valence-corrected chi connectivity index (χ2v) is 7.36. The molecule has 0 aliphatic rings. The predicted molar refractivity (Wildman–Crippen MR) is 87.7 cm³/mol. The number of hydrogen-bond donors (Lipinski definition) is 0. The van der Waals surface area contributed by atoms with E-state index in [-0.39, 0.29) is 0 Å². The van der Waals surface area contributed by atoms with Crippen LogP contribution in [0.1, 0.15) is 18.1 Å². The highest BCUT2D eigenvalue weighted by atomic mass is 32.2. The van der Waals surface area contributed by atoms with E-state index in [1.54, 1.807) is 17.6 Å². The van der Waals surface area contributed by atoms with Crippen molar-refractivity contribution in [1.82, 2.24) is 4.90 Å². The van der Waals surface area contributed by atoms with E-state index in [2.05, 4.69) is 47.8 Å². The van der Waals surface area contributed by atoms with Gasteiger partial charge in [0.1, 0.15) is 0 Å². The zero-order valence-corrected chi connectivity index (χ0v) is 13.8. The second kappa shape index (κ2) is 7.16. The summed E-state index contributed by atoms with van der Waals surface area (Å²) in [5.74, 6) is 0. The minimum absolute atomic E-state index is 0.504. The molecule has 0 spiro atoms. The van der Waals surface area contributed by atoms with E-state index < -0.39 is 10.8 Å². The van der Waals surface area contributed by atoms with Crippen LogP contribution in [0.4, 0.5) is 0 Å². The van der Waals surface area contributed by atoms with Gasteiger partial charge in [0, 0.05) is 34.5 Å². The average Bonchev–Trinajstić information content (AvgIpc) is 2.92. The monoisotopic (exact) mass is 307 g/mol. The first-order chi connectivity index (χ1) is 9.56. The lowest BCUT2D eigenvalue weighted by Crippen LogP contribution is -2.30. The molecule has 2 nitrogen and oxygen atoms in total. The van der Waals surface area contributed by atoms with Gasteiger partial charge in [0.15, 0.2) is 0 Å². The van der Waals surface area contributed by atoms with Crippen LogP contribution in [-0.2, 0) is 23.8 Å². The Morgan fingerprint density at radius 3 is 2.45 bits per heavy atom. The summed E-state index contributed by atoms with van der Waals surface area (Å²) in [6.07, 6.45) is 2.79. The van der Waals surface area contributed by atoms with Gasteiger partial charge in [-0.15, -0.1) is 0 Å². The van der Waals surface area contributed by atoms with Crippen molar-refractivity contribution in [3.8, 4) is 0 Å². The minimum Gasteiger partial charge on any atom is -0.299 e. The van der Waals surface area contributed by atoms with E-state index in [9.17, 15) is 4.21 Å². The molecule has 108 valence electrons. The Bertz CT molecular complexity index is 548. The standard InChI is InChI=1S/C16H21NOS2/c1-13(10-15-8-9-19-12-15)17(2)11-14-4-6-16(7-5-14)20(3)18/h4-9,12-13H,10-11H2,1-3H3. The molecule has 2 unspecified atom stereocenters. The first kappa shape index (κ1) is 15.4. The highest BCUT2D eigenvalue weighted by Gasteiger charge is 2.11. The summed E-state index contributed by atoms with van der Waals surface area (Å²) in [5.41, 5.74) is 2.67. The van der Waals surface area contributed by atoms with Gasteiger partial charge < -0.3 is 0 Å². The van der Waals surface area contributed by atoms with Crippen molar-refractivity contribution in [3.05, 3.63) is 52.2 Å². The van der Waals surface area contributed by atoms with Crippen LogP contribution in [0.2, 0.25) is 0 Å². The molecule has 4 heteroatoms. The average molecular weight is 307 g/mol. The third kappa shape index (κ3) is 4.27. The number of nitrogens with zero attached hydrogens (tertiary/aromatic N) is 1. The molecular weight excluding hydrogens is 286 g/mol. The van der Waals surface area contributed by atoms with Crippen LogP contribution in [0.5, 0.6) is 0 Å². The van der Waals surface area contributed by atoms with Gasteiger partial charge >= 0.3 is 0 Å². The lowest BCUT2D eigenvalue weighted by atomic mass is 10.1. The molecule has 1 aromatic heterocycles. The number of hydrogen-bond acceptors (Lipinski definition) is 3. The summed E-state index contributed by atoms with van der Waals surface area (Å²) in [7, 11) is 1.26. The highest BCUT2D eigenvalue weighted by Crippen LogP contribution is 2.14. The van der Waals surface area contributed by atoms with Crippen LogP contribution in [0.25, 0.3) is 0 Å². The van der Waals surface area contributed by atoms with Gasteiger partial charge in [-0.2, -0.15) is 11.3 Å². The molecule has 2 atom stereocenters. The first-order valence-corrected chi connectivity index (χ1v) is 9.20.